The largest absolute Gasteiger partial charge is 0.273 e. The van der Waals surface area contributed by atoms with Crippen molar-refractivity contribution in [3.8, 4) is 0 Å². The molecule has 0 saturated heterocycles. The Balaban J connectivity index is 2.73. The Morgan fingerprint density at radius 3 is 2.12 bits per heavy atom. The van der Waals surface area contributed by atoms with Crippen molar-refractivity contribution in [1.29, 1.82) is 0 Å². The first-order valence-electron chi connectivity index (χ1n) is 2.10. The van der Waals surface area contributed by atoms with E-state index in [-0.39, 0.29) is 12.0 Å². The SMILES string of the molecule is FC1=CC(=C(F)F)C1. The first-order valence-corrected chi connectivity index (χ1v) is 2.10. The molecular weight excluding hydrogens is 117 g/mol. The van der Waals surface area contributed by atoms with Crippen LogP contribution in [-0.2, 0) is 0 Å². The summed E-state index contributed by atoms with van der Waals surface area (Å²) in [6.07, 6.45) is -1.12. The van der Waals surface area contributed by atoms with Gasteiger partial charge in [-0.15, -0.1) is 0 Å². The van der Waals surface area contributed by atoms with Gasteiger partial charge in [0.25, 0.3) is 6.08 Å². The second-order valence-electron chi connectivity index (χ2n) is 1.55. The van der Waals surface area contributed by atoms with Crippen LogP contribution in [0.4, 0.5) is 13.2 Å². The standard InChI is InChI=1S/C5H3F3/c6-4-1-3(2-4)5(7)8/h1H,2H2. The molecular formula is C5H3F3. The fourth-order valence-electron chi connectivity index (χ4n) is 0.463. The molecule has 0 saturated carbocycles. The number of halogens is 3. The molecule has 0 radical (unpaired) electrons. The van der Waals surface area contributed by atoms with E-state index in [0.29, 0.717) is 0 Å². The Labute approximate surface area is 44.3 Å². The number of rotatable bonds is 0. The number of allylic oxidation sites excluding steroid dienone is 3. The summed E-state index contributed by atoms with van der Waals surface area (Å²) in [5.74, 6) is -0.465. The Morgan fingerprint density at radius 2 is 2.00 bits per heavy atom. The third kappa shape index (κ3) is 0.757. The van der Waals surface area contributed by atoms with Crippen molar-refractivity contribution in [3.63, 3.8) is 0 Å². The summed E-state index contributed by atoms with van der Waals surface area (Å²) in [6.45, 7) is 0. The molecule has 0 bridgehead atoms. The fraction of sp³-hybridized carbons (Fsp3) is 0.200. The van der Waals surface area contributed by atoms with Crippen molar-refractivity contribution in [1.82, 2.24) is 0 Å². The van der Waals surface area contributed by atoms with Crippen LogP contribution in [0.3, 0.4) is 0 Å². The highest BCUT2D eigenvalue weighted by atomic mass is 19.3. The van der Waals surface area contributed by atoms with Crippen LogP contribution in [0.5, 0.6) is 0 Å². The summed E-state index contributed by atoms with van der Waals surface area (Å²) >= 11 is 0. The maximum absolute atomic E-state index is 11.6. The van der Waals surface area contributed by atoms with E-state index in [1.807, 2.05) is 0 Å². The van der Waals surface area contributed by atoms with Gasteiger partial charge < -0.3 is 0 Å². The topological polar surface area (TPSA) is 0 Å². The minimum atomic E-state index is -1.77. The smallest absolute Gasteiger partial charge is 0.211 e. The van der Waals surface area contributed by atoms with Gasteiger partial charge in [0, 0.05) is 12.0 Å². The molecule has 0 heterocycles. The molecule has 0 aromatic rings. The Morgan fingerprint density at radius 1 is 1.50 bits per heavy atom. The Bertz CT molecular complexity index is 163. The fourth-order valence-corrected chi connectivity index (χ4v) is 0.463. The summed E-state index contributed by atoms with van der Waals surface area (Å²) in [5, 5.41) is 0. The number of hydrogen-bond donors (Lipinski definition) is 0. The zero-order chi connectivity index (χ0) is 6.15. The normalized spacial score (nSPS) is 17.4. The second kappa shape index (κ2) is 1.65. The Hall–Kier alpha value is -0.730. The van der Waals surface area contributed by atoms with Crippen molar-refractivity contribution in [2.24, 2.45) is 0 Å². The molecule has 0 fully saturated rings. The minimum Gasteiger partial charge on any atom is -0.211 e. The maximum Gasteiger partial charge on any atom is 0.273 e. The van der Waals surface area contributed by atoms with Crippen molar-refractivity contribution in [3.05, 3.63) is 23.6 Å². The summed E-state index contributed by atoms with van der Waals surface area (Å²) in [5.41, 5.74) is -0.178. The summed E-state index contributed by atoms with van der Waals surface area (Å²) in [6, 6.07) is 0. The molecule has 3 heteroatoms. The molecule has 1 aliphatic carbocycles. The van der Waals surface area contributed by atoms with Gasteiger partial charge in [-0.05, 0) is 6.08 Å². The highest BCUT2D eigenvalue weighted by Crippen LogP contribution is 2.29. The predicted octanol–water partition coefficient (Wildman–Crippen LogP) is 2.39. The predicted molar refractivity (Wildman–Crippen MR) is 23.0 cm³/mol. The van der Waals surface area contributed by atoms with Crippen molar-refractivity contribution < 1.29 is 13.2 Å². The molecule has 0 N–H and O–H groups in total. The Kier molecular flexibility index (Phi) is 1.12. The van der Waals surface area contributed by atoms with Crippen LogP contribution in [0.2, 0.25) is 0 Å². The van der Waals surface area contributed by atoms with Gasteiger partial charge in [0.1, 0.15) is 5.83 Å². The lowest BCUT2D eigenvalue weighted by molar-refractivity contribution is 0.404. The molecule has 0 spiro atoms. The van der Waals surface area contributed by atoms with E-state index in [4.69, 9.17) is 0 Å². The van der Waals surface area contributed by atoms with Gasteiger partial charge in [-0.1, -0.05) is 0 Å². The monoisotopic (exact) mass is 120 g/mol. The van der Waals surface area contributed by atoms with Gasteiger partial charge in [-0.25, -0.2) is 4.39 Å². The van der Waals surface area contributed by atoms with E-state index in [9.17, 15) is 13.2 Å². The van der Waals surface area contributed by atoms with Gasteiger partial charge in [0.2, 0.25) is 0 Å². The van der Waals surface area contributed by atoms with Crippen LogP contribution in [0.15, 0.2) is 23.6 Å². The van der Waals surface area contributed by atoms with Crippen LogP contribution in [0.1, 0.15) is 6.42 Å². The molecule has 0 amide bonds. The van der Waals surface area contributed by atoms with Crippen molar-refractivity contribution >= 4 is 0 Å². The van der Waals surface area contributed by atoms with E-state index < -0.39 is 11.9 Å². The molecule has 0 unspecified atom stereocenters. The minimum absolute atomic E-state index is 0.178. The van der Waals surface area contributed by atoms with Crippen LogP contribution in [0.25, 0.3) is 0 Å². The van der Waals surface area contributed by atoms with Crippen molar-refractivity contribution in [2.75, 3.05) is 0 Å². The van der Waals surface area contributed by atoms with Gasteiger partial charge in [-0.2, -0.15) is 8.78 Å². The molecule has 0 aliphatic heterocycles. The van der Waals surface area contributed by atoms with Gasteiger partial charge in [0.05, 0.1) is 0 Å². The van der Waals surface area contributed by atoms with E-state index >= 15 is 0 Å². The molecule has 0 aromatic carbocycles. The van der Waals surface area contributed by atoms with Gasteiger partial charge in [-0.3, -0.25) is 0 Å². The lowest BCUT2D eigenvalue weighted by Crippen LogP contribution is -1.93. The molecule has 8 heavy (non-hydrogen) atoms. The molecule has 1 aliphatic rings. The second-order valence-corrected chi connectivity index (χ2v) is 1.55. The molecule has 0 aromatic heterocycles. The molecule has 44 valence electrons. The van der Waals surface area contributed by atoms with Crippen LogP contribution >= 0.6 is 0 Å². The van der Waals surface area contributed by atoms with Crippen LogP contribution < -0.4 is 0 Å². The molecule has 1 rings (SSSR count). The molecule has 0 nitrogen and oxygen atoms in total. The number of hydrogen-bond acceptors (Lipinski definition) is 0. The molecule has 0 atom stereocenters. The summed E-state index contributed by atoms with van der Waals surface area (Å²) in [4.78, 5) is 0. The average Bonchev–Trinajstić information content (AvgIpc) is 1.57. The lowest BCUT2D eigenvalue weighted by atomic mass is 10.0. The summed E-state index contributed by atoms with van der Waals surface area (Å²) in [7, 11) is 0. The third-order valence-electron chi connectivity index (χ3n) is 0.933. The van der Waals surface area contributed by atoms with Crippen LogP contribution in [0, 0.1) is 0 Å². The zero-order valence-electron chi connectivity index (χ0n) is 3.92. The quantitative estimate of drug-likeness (QED) is 0.460. The highest BCUT2D eigenvalue weighted by Gasteiger charge is 2.15. The van der Waals surface area contributed by atoms with E-state index in [1.54, 1.807) is 0 Å². The first kappa shape index (κ1) is 5.41. The van der Waals surface area contributed by atoms with E-state index in [0.717, 1.165) is 6.08 Å². The third-order valence-corrected chi connectivity index (χ3v) is 0.933. The average molecular weight is 120 g/mol. The van der Waals surface area contributed by atoms with Crippen molar-refractivity contribution in [2.45, 2.75) is 6.42 Å². The first-order chi connectivity index (χ1) is 3.70. The van der Waals surface area contributed by atoms with Gasteiger partial charge >= 0.3 is 0 Å². The maximum atomic E-state index is 11.6. The van der Waals surface area contributed by atoms with E-state index in [2.05, 4.69) is 0 Å². The van der Waals surface area contributed by atoms with Gasteiger partial charge in [0.15, 0.2) is 0 Å². The lowest BCUT2D eigenvalue weighted by Gasteiger charge is -2.07. The summed E-state index contributed by atoms with van der Waals surface area (Å²) < 4.78 is 34.3. The van der Waals surface area contributed by atoms with E-state index in [1.165, 1.54) is 0 Å². The highest BCUT2D eigenvalue weighted by molar-refractivity contribution is 5.35. The van der Waals surface area contributed by atoms with Crippen LogP contribution in [-0.4, -0.2) is 0 Å². The zero-order valence-corrected chi connectivity index (χ0v) is 3.92.